The molecule has 5 aromatic rings. The summed E-state index contributed by atoms with van der Waals surface area (Å²) in [5.74, 6) is 1.77. The van der Waals surface area contributed by atoms with E-state index in [2.05, 4.69) is 42.1 Å². The monoisotopic (exact) mass is 438 g/mol. The summed E-state index contributed by atoms with van der Waals surface area (Å²) in [7, 11) is 0. The lowest BCUT2D eigenvalue weighted by Crippen LogP contribution is -2.35. The van der Waals surface area contributed by atoms with Gasteiger partial charge in [0, 0.05) is 37.0 Å². The van der Waals surface area contributed by atoms with Gasteiger partial charge in [-0.15, -0.1) is 0 Å². The van der Waals surface area contributed by atoms with Crippen molar-refractivity contribution < 1.29 is 9.26 Å². The van der Waals surface area contributed by atoms with Crippen LogP contribution in [-0.2, 0) is 11.3 Å². The number of imidazole rings is 1. The maximum absolute atomic E-state index is 5.57. The van der Waals surface area contributed by atoms with Crippen LogP contribution in [0.2, 0.25) is 0 Å². The fourth-order valence-corrected chi connectivity index (χ4v) is 4.00. The number of nitrogens with one attached hydrogen (secondary N) is 1. The Morgan fingerprint density at radius 1 is 0.909 bits per heavy atom. The number of hydrogen-bond acceptors (Lipinski definition) is 7. The van der Waals surface area contributed by atoms with Crippen molar-refractivity contribution in [1.82, 2.24) is 30.0 Å². The van der Waals surface area contributed by atoms with Gasteiger partial charge in [0.1, 0.15) is 5.69 Å². The van der Waals surface area contributed by atoms with Gasteiger partial charge in [-0.1, -0.05) is 35.5 Å². The van der Waals surface area contributed by atoms with Gasteiger partial charge in [0.2, 0.25) is 5.82 Å². The van der Waals surface area contributed by atoms with Crippen molar-refractivity contribution in [3.8, 4) is 34.4 Å². The SMILES string of the molecule is c1ccc(-c2nc3ccc(-c4nc(-c5ccc(CN6CCOCC6)cc5)no4)cc3[nH]2)nc1. The fourth-order valence-electron chi connectivity index (χ4n) is 4.00. The van der Waals surface area contributed by atoms with Gasteiger partial charge in [0.15, 0.2) is 5.82 Å². The second kappa shape index (κ2) is 8.57. The van der Waals surface area contributed by atoms with E-state index in [0.29, 0.717) is 11.7 Å². The Bertz CT molecular complexity index is 1370. The third-order valence-corrected chi connectivity index (χ3v) is 5.78. The van der Waals surface area contributed by atoms with E-state index in [-0.39, 0.29) is 0 Å². The van der Waals surface area contributed by atoms with Crippen LogP contribution in [0, 0.1) is 0 Å². The number of aromatic nitrogens is 5. The molecule has 0 bridgehead atoms. The summed E-state index contributed by atoms with van der Waals surface area (Å²) in [5.41, 5.74) is 5.57. The van der Waals surface area contributed by atoms with Crippen molar-refractivity contribution in [1.29, 1.82) is 0 Å². The fraction of sp³-hybridized carbons (Fsp3) is 0.200. The molecular weight excluding hydrogens is 416 g/mol. The number of aromatic amines is 1. The van der Waals surface area contributed by atoms with Crippen molar-refractivity contribution in [2.24, 2.45) is 0 Å². The van der Waals surface area contributed by atoms with Crippen molar-refractivity contribution >= 4 is 11.0 Å². The molecule has 1 N–H and O–H groups in total. The average molecular weight is 438 g/mol. The van der Waals surface area contributed by atoms with E-state index in [1.54, 1.807) is 6.20 Å². The molecule has 1 aliphatic heterocycles. The summed E-state index contributed by atoms with van der Waals surface area (Å²) in [6.07, 6.45) is 1.75. The Hall–Kier alpha value is -3.88. The smallest absolute Gasteiger partial charge is 0.258 e. The Balaban J connectivity index is 1.21. The summed E-state index contributed by atoms with van der Waals surface area (Å²) >= 11 is 0. The van der Waals surface area contributed by atoms with Crippen molar-refractivity contribution in [2.45, 2.75) is 6.54 Å². The van der Waals surface area contributed by atoms with Crippen LogP contribution >= 0.6 is 0 Å². The lowest BCUT2D eigenvalue weighted by atomic mass is 10.1. The van der Waals surface area contributed by atoms with Crippen LogP contribution in [0.25, 0.3) is 45.4 Å². The van der Waals surface area contributed by atoms with E-state index in [9.17, 15) is 0 Å². The number of H-pyrrole nitrogens is 1. The summed E-state index contributed by atoms with van der Waals surface area (Å²) in [5, 5.41) is 4.19. The van der Waals surface area contributed by atoms with Gasteiger partial charge in [-0.05, 0) is 35.9 Å². The Morgan fingerprint density at radius 2 is 1.76 bits per heavy atom. The van der Waals surface area contributed by atoms with Crippen LogP contribution in [0.4, 0.5) is 0 Å². The molecule has 3 aromatic heterocycles. The van der Waals surface area contributed by atoms with E-state index in [0.717, 1.165) is 66.5 Å². The molecule has 2 aromatic carbocycles. The normalized spacial score (nSPS) is 14.7. The van der Waals surface area contributed by atoms with E-state index >= 15 is 0 Å². The molecule has 4 heterocycles. The minimum absolute atomic E-state index is 0.471. The first-order valence-electron chi connectivity index (χ1n) is 11.0. The molecule has 0 spiro atoms. The molecule has 1 fully saturated rings. The van der Waals surface area contributed by atoms with E-state index in [1.165, 1.54) is 5.56 Å². The maximum atomic E-state index is 5.57. The second-order valence-corrected chi connectivity index (χ2v) is 8.04. The molecule has 0 unspecified atom stereocenters. The Labute approximate surface area is 190 Å². The van der Waals surface area contributed by atoms with Crippen molar-refractivity contribution in [3.05, 3.63) is 72.4 Å². The van der Waals surface area contributed by atoms with Crippen molar-refractivity contribution in [3.63, 3.8) is 0 Å². The predicted molar refractivity (Wildman–Crippen MR) is 124 cm³/mol. The average Bonchev–Trinajstić information content (AvgIpc) is 3.53. The van der Waals surface area contributed by atoms with E-state index < -0.39 is 0 Å². The number of pyridine rings is 1. The molecule has 1 saturated heterocycles. The van der Waals surface area contributed by atoms with Crippen molar-refractivity contribution in [2.75, 3.05) is 26.3 Å². The van der Waals surface area contributed by atoms with Crippen LogP contribution in [0.3, 0.4) is 0 Å². The van der Waals surface area contributed by atoms with Gasteiger partial charge < -0.3 is 14.2 Å². The van der Waals surface area contributed by atoms with Gasteiger partial charge >= 0.3 is 0 Å². The molecule has 8 heteroatoms. The highest BCUT2D eigenvalue weighted by Gasteiger charge is 2.14. The number of ether oxygens (including phenoxy) is 1. The first-order chi connectivity index (χ1) is 16.3. The molecule has 0 saturated carbocycles. The second-order valence-electron chi connectivity index (χ2n) is 8.04. The molecule has 0 amide bonds. The summed E-state index contributed by atoms with van der Waals surface area (Å²) in [6.45, 7) is 4.48. The minimum Gasteiger partial charge on any atom is -0.379 e. The first kappa shape index (κ1) is 19.8. The van der Waals surface area contributed by atoms with Gasteiger partial charge in [-0.2, -0.15) is 4.98 Å². The predicted octanol–water partition coefficient (Wildman–Crippen LogP) is 4.17. The third-order valence-electron chi connectivity index (χ3n) is 5.78. The minimum atomic E-state index is 0.471. The molecule has 6 rings (SSSR count). The summed E-state index contributed by atoms with van der Waals surface area (Å²) in [4.78, 5) is 19.3. The van der Waals surface area contributed by atoms with Crippen LogP contribution in [-0.4, -0.2) is 56.3 Å². The highest BCUT2D eigenvalue weighted by atomic mass is 16.5. The number of hydrogen-bond donors (Lipinski definition) is 1. The number of morpholine rings is 1. The van der Waals surface area contributed by atoms with Crippen LogP contribution in [0.1, 0.15) is 5.56 Å². The maximum Gasteiger partial charge on any atom is 0.258 e. The van der Waals surface area contributed by atoms with Gasteiger partial charge in [-0.3, -0.25) is 9.88 Å². The topological polar surface area (TPSA) is 93.0 Å². The largest absolute Gasteiger partial charge is 0.379 e. The molecular formula is C25H22N6O2. The molecule has 33 heavy (non-hydrogen) atoms. The lowest BCUT2D eigenvalue weighted by Gasteiger charge is -2.26. The van der Waals surface area contributed by atoms with E-state index in [4.69, 9.17) is 9.26 Å². The zero-order chi connectivity index (χ0) is 22.0. The number of fused-ring (bicyclic) bond motifs is 1. The molecule has 0 radical (unpaired) electrons. The van der Waals surface area contributed by atoms with Gasteiger partial charge in [0.25, 0.3) is 5.89 Å². The summed E-state index contributed by atoms with van der Waals surface area (Å²) in [6, 6.07) is 19.9. The van der Waals surface area contributed by atoms with Crippen LogP contribution in [0.5, 0.6) is 0 Å². The zero-order valence-electron chi connectivity index (χ0n) is 17.9. The number of nitrogens with zero attached hydrogens (tertiary/aromatic N) is 5. The highest BCUT2D eigenvalue weighted by Crippen LogP contribution is 2.26. The molecule has 0 atom stereocenters. The molecule has 164 valence electrons. The zero-order valence-corrected chi connectivity index (χ0v) is 17.9. The quantitative estimate of drug-likeness (QED) is 0.440. The first-order valence-corrected chi connectivity index (χ1v) is 11.0. The number of rotatable bonds is 5. The van der Waals surface area contributed by atoms with E-state index in [1.807, 2.05) is 48.5 Å². The Morgan fingerprint density at radius 3 is 2.58 bits per heavy atom. The van der Waals surface area contributed by atoms with Gasteiger partial charge in [-0.25, -0.2) is 4.98 Å². The van der Waals surface area contributed by atoms with Crippen LogP contribution in [0.15, 0.2) is 71.4 Å². The molecule has 1 aliphatic rings. The standard InChI is InChI=1S/C25H22N6O2/c1-2-10-26-21(3-1)24-27-20-9-8-19(15-22(20)28-24)25-29-23(30-33-25)18-6-4-17(5-7-18)16-31-11-13-32-14-12-31/h1-10,15H,11-14,16H2,(H,27,28). The molecule has 0 aliphatic carbocycles. The Kier molecular flexibility index (Phi) is 5.14. The highest BCUT2D eigenvalue weighted by molar-refractivity contribution is 5.83. The molecule has 8 nitrogen and oxygen atoms in total. The van der Waals surface area contributed by atoms with Crippen LogP contribution < -0.4 is 0 Å². The third kappa shape index (κ3) is 4.13. The van der Waals surface area contributed by atoms with Gasteiger partial charge in [0.05, 0.1) is 24.2 Å². The number of benzene rings is 2. The lowest BCUT2D eigenvalue weighted by molar-refractivity contribution is 0.0342. The summed E-state index contributed by atoms with van der Waals surface area (Å²) < 4.78 is 11.0.